The van der Waals surface area contributed by atoms with Crippen molar-refractivity contribution < 1.29 is 0 Å². The fourth-order valence-electron chi connectivity index (χ4n) is 1.66. The first kappa shape index (κ1) is 11.5. The molecule has 1 heterocycles. The van der Waals surface area contributed by atoms with Gasteiger partial charge in [0.15, 0.2) is 0 Å². The van der Waals surface area contributed by atoms with Gasteiger partial charge in [-0.05, 0) is 31.4 Å². The molecule has 0 saturated heterocycles. The number of hydrogen-bond acceptors (Lipinski definition) is 2. The van der Waals surface area contributed by atoms with Crippen LogP contribution in [0.3, 0.4) is 0 Å². The highest BCUT2D eigenvalue weighted by Crippen LogP contribution is 2.07. The Bertz CT molecular complexity index is 464. The molecular formula is C12H16N2O. The van der Waals surface area contributed by atoms with Crippen LogP contribution in [0.5, 0.6) is 0 Å². The summed E-state index contributed by atoms with van der Waals surface area (Å²) in [6.45, 7) is 8.47. The van der Waals surface area contributed by atoms with Gasteiger partial charge in [0.1, 0.15) is 11.6 Å². The SMILES string of the molecule is Cc1cc(C)n(CC(C)C)c(=O)c1C#N. The number of nitriles is 1. The van der Waals surface area contributed by atoms with Gasteiger partial charge in [-0.2, -0.15) is 5.26 Å². The second kappa shape index (κ2) is 4.31. The molecule has 0 aliphatic carbocycles. The third kappa shape index (κ3) is 2.27. The van der Waals surface area contributed by atoms with Crippen molar-refractivity contribution in [1.82, 2.24) is 4.57 Å². The lowest BCUT2D eigenvalue weighted by molar-refractivity contribution is 0.501. The van der Waals surface area contributed by atoms with E-state index in [1.807, 2.05) is 19.1 Å². The Balaban J connectivity index is 3.41. The molecule has 0 bridgehead atoms. The van der Waals surface area contributed by atoms with E-state index in [2.05, 4.69) is 13.8 Å². The fourth-order valence-corrected chi connectivity index (χ4v) is 1.66. The van der Waals surface area contributed by atoms with Crippen LogP contribution in [0, 0.1) is 31.1 Å². The maximum absolute atomic E-state index is 11.9. The van der Waals surface area contributed by atoms with Gasteiger partial charge in [-0.3, -0.25) is 4.79 Å². The summed E-state index contributed by atoms with van der Waals surface area (Å²) < 4.78 is 1.68. The summed E-state index contributed by atoms with van der Waals surface area (Å²) in [5.41, 5.74) is 1.79. The predicted octanol–water partition coefficient (Wildman–Crippen LogP) is 1.99. The first-order valence-electron chi connectivity index (χ1n) is 5.08. The molecule has 1 rings (SSSR count). The van der Waals surface area contributed by atoms with Gasteiger partial charge in [-0.15, -0.1) is 0 Å². The van der Waals surface area contributed by atoms with Crippen molar-refractivity contribution in [2.75, 3.05) is 0 Å². The van der Waals surface area contributed by atoms with Crippen molar-refractivity contribution in [3.63, 3.8) is 0 Å². The van der Waals surface area contributed by atoms with Gasteiger partial charge in [0.2, 0.25) is 0 Å². The normalized spacial score (nSPS) is 10.4. The minimum absolute atomic E-state index is 0.163. The summed E-state index contributed by atoms with van der Waals surface area (Å²) in [5, 5.41) is 8.89. The summed E-state index contributed by atoms with van der Waals surface area (Å²) >= 11 is 0. The average Bonchev–Trinajstić information content (AvgIpc) is 2.12. The van der Waals surface area contributed by atoms with Crippen LogP contribution in [-0.2, 0) is 6.54 Å². The molecule has 0 spiro atoms. The van der Waals surface area contributed by atoms with E-state index < -0.39 is 0 Å². The molecule has 80 valence electrons. The van der Waals surface area contributed by atoms with E-state index in [1.165, 1.54) is 0 Å². The molecule has 0 N–H and O–H groups in total. The van der Waals surface area contributed by atoms with Crippen molar-refractivity contribution in [3.05, 3.63) is 33.2 Å². The molecule has 1 aromatic heterocycles. The van der Waals surface area contributed by atoms with E-state index in [4.69, 9.17) is 5.26 Å². The van der Waals surface area contributed by atoms with E-state index in [1.54, 1.807) is 11.5 Å². The lowest BCUT2D eigenvalue weighted by Gasteiger charge is -2.13. The molecule has 15 heavy (non-hydrogen) atoms. The average molecular weight is 204 g/mol. The van der Waals surface area contributed by atoms with E-state index in [-0.39, 0.29) is 11.1 Å². The van der Waals surface area contributed by atoms with Crippen molar-refractivity contribution in [1.29, 1.82) is 5.26 Å². The Morgan fingerprint density at radius 1 is 1.47 bits per heavy atom. The van der Waals surface area contributed by atoms with E-state index >= 15 is 0 Å². The van der Waals surface area contributed by atoms with Crippen LogP contribution in [0.25, 0.3) is 0 Å². The molecule has 0 radical (unpaired) electrons. The van der Waals surface area contributed by atoms with Crippen LogP contribution in [0.1, 0.15) is 30.7 Å². The molecule has 0 fully saturated rings. The Labute approximate surface area is 90.0 Å². The zero-order valence-corrected chi connectivity index (χ0v) is 9.66. The minimum Gasteiger partial charge on any atom is -0.312 e. The summed E-state index contributed by atoms with van der Waals surface area (Å²) in [5.74, 6) is 0.399. The Morgan fingerprint density at radius 3 is 2.53 bits per heavy atom. The summed E-state index contributed by atoms with van der Waals surface area (Å²) in [4.78, 5) is 11.9. The Kier molecular flexibility index (Phi) is 3.31. The molecule has 1 aromatic rings. The maximum atomic E-state index is 11.9. The quantitative estimate of drug-likeness (QED) is 0.739. The van der Waals surface area contributed by atoms with Crippen molar-refractivity contribution in [2.24, 2.45) is 5.92 Å². The molecule has 0 amide bonds. The number of aromatic nitrogens is 1. The number of pyridine rings is 1. The van der Waals surface area contributed by atoms with Gasteiger partial charge in [0.05, 0.1) is 0 Å². The van der Waals surface area contributed by atoms with Crippen LogP contribution in [0.4, 0.5) is 0 Å². The topological polar surface area (TPSA) is 45.8 Å². The highest BCUT2D eigenvalue weighted by molar-refractivity contribution is 5.36. The largest absolute Gasteiger partial charge is 0.312 e. The molecule has 0 unspecified atom stereocenters. The highest BCUT2D eigenvalue weighted by atomic mass is 16.1. The second-order valence-electron chi connectivity index (χ2n) is 4.27. The van der Waals surface area contributed by atoms with E-state index in [0.717, 1.165) is 11.3 Å². The Morgan fingerprint density at radius 2 is 2.07 bits per heavy atom. The molecular weight excluding hydrogens is 188 g/mol. The van der Waals surface area contributed by atoms with Crippen molar-refractivity contribution >= 4 is 0 Å². The van der Waals surface area contributed by atoms with Gasteiger partial charge in [-0.1, -0.05) is 13.8 Å². The lowest BCUT2D eigenvalue weighted by atomic mass is 10.1. The van der Waals surface area contributed by atoms with Crippen molar-refractivity contribution in [3.8, 4) is 6.07 Å². The van der Waals surface area contributed by atoms with Gasteiger partial charge >= 0.3 is 0 Å². The second-order valence-corrected chi connectivity index (χ2v) is 4.27. The predicted molar refractivity (Wildman–Crippen MR) is 59.7 cm³/mol. The molecule has 0 aliphatic heterocycles. The maximum Gasteiger partial charge on any atom is 0.268 e. The number of aryl methyl sites for hydroxylation is 2. The van der Waals surface area contributed by atoms with Crippen molar-refractivity contribution in [2.45, 2.75) is 34.2 Å². The molecule has 0 aliphatic rings. The molecule has 0 aromatic carbocycles. The van der Waals surface area contributed by atoms with Gasteiger partial charge in [0, 0.05) is 12.2 Å². The third-order valence-electron chi connectivity index (χ3n) is 2.36. The van der Waals surface area contributed by atoms with Crippen LogP contribution in [0.15, 0.2) is 10.9 Å². The molecule has 3 heteroatoms. The lowest BCUT2D eigenvalue weighted by Crippen LogP contribution is -2.27. The first-order valence-corrected chi connectivity index (χ1v) is 5.08. The number of rotatable bonds is 2. The number of hydrogen-bond donors (Lipinski definition) is 0. The van der Waals surface area contributed by atoms with Crippen LogP contribution in [0.2, 0.25) is 0 Å². The minimum atomic E-state index is -0.163. The Hall–Kier alpha value is -1.56. The van der Waals surface area contributed by atoms with E-state index in [9.17, 15) is 4.79 Å². The fraction of sp³-hybridized carbons (Fsp3) is 0.500. The molecule has 0 saturated carbocycles. The van der Waals surface area contributed by atoms with Crippen LogP contribution < -0.4 is 5.56 Å². The standard InChI is InChI=1S/C12H16N2O/c1-8(2)7-14-10(4)5-9(3)11(6-13)12(14)15/h5,8H,7H2,1-4H3. The van der Waals surface area contributed by atoms with E-state index in [0.29, 0.717) is 12.5 Å². The molecule has 3 nitrogen and oxygen atoms in total. The molecule has 0 atom stereocenters. The zero-order chi connectivity index (χ0) is 11.6. The van der Waals surface area contributed by atoms with Crippen LogP contribution >= 0.6 is 0 Å². The summed E-state index contributed by atoms with van der Waals surface area (Å²) in [7, 11) is 0. The van der Waals surface area contributed by atoms with Gasteiger partial charge in [-0.25, -0.2) is 0 Å². The summed E-state index contributed by atoms with van der Waals surface area (Å²) in [6, 6.07) is 3.86. The number of nitrogens with zero attached hydrogens (tertiary/aromatic N) is 2. The van der Waals surface area contributed by atoms with Gasteiger partial charge < -0.3 is 4.57 Å². The smallest absolute Gasteiger partial charge is 0.268 e. The highest BCUT2D eigenvalue weighted by Gasteiger charge is 2.10. The van der Waals surface area contributed by atoms with Crippen LogP contribution in [-0.4, -0.2) is 4.57 Å². The third-order valence-corrected chi connectivity index (χ3v) is 2.36. The summed E-state index contributed by atoms with van der Waals surface area (Å²) in [6.07, 6.45) is 0. The zero-order valence-electron chi connectivity index (χ0n) is 9.66. The van der Waals surface area contributed by atoms with Gasteiger partial charge in [0.25, 0.3) is 5.56 Å². The monoisotopic (exact) mass is 204 g/mol. The first-order chi connectivity index (χ1) is 6.97.